The van der Waals surface area contributed by atoms with E-state index in [1.54, 1.807) is 11.3 Å². The van der Waals surface area contributed by atoms with E-state index in [0.717, 1.165) is 23.6 Å². The van der Waals surface area contributed by atoms with Crippen LogP contribution in [0.15, 0.2) is 6.07 Å². The first-order chi connectivity index (χ1) is 8.24. The summed E-state index contributed by atoms with van der Waals surface area (Å²) >= 11 is 1.78. The lowest BCUT2D eigenvalue weighted by molar-refractivity contribution is 0.0872. The van der Waals surface area contributed by atoms with Gasteiger partial charge >= 0.3 is 0 Å². The SMILES string of the molecule is CC1CCCC(C(=O)c2cc3c(s2)CCC3)C1. The van der Waals surface area contributed by atoms with Crippen LogP contribution in [-0.4, -0.2) is 5.78 Å². The Morgan fingerprint density at radius 3 is 2.94 bits per heavy atom. The van der Waals surface area contributed by atoms with Crippen LogP contribution in [0.25, 0.3) is 0 Å². The van der Waals surface area contributed by atoms with Gasteiger partial charge in [0.05, 0.1) is 4.88 Å². The van der Waals surface area contributed by atoms with Crippen molar-refractivity contribution in [1.29, 1.82) is 0 Å². The lowest BCUT2D eigenvalue weighted by atomic mass is 9.80. The van der Waals surface area contributed by atoms with Gasteiger partial charge in [-0.05, 0) is 49.7 Å². The standard InChI is InChI=1S/C15H20OS/c1-10-4-2-6-12(8-10)15(16)14-9-11-5-3-7-13(11)17-14/h9-10,12H,2-8H2,1H3. The molecular weight excluding hydrogens is 228 g/mol. The summed E-state index contributed by atoms with van der Waals surface area (Å²) in [4.78, 5) is 15.0. The summed E-state index contributed by atoms with van der Waals surface area (Å²) in [6.07, 6.45) is 8.46. The smallest absolute Gasteiger partial charge is 0.175 e. The van der Waals surface area contributed by atoms with E-state index in [0.29, 0.717) is 11.7 Å². The van der Waals surface area contributed by atoms with Gasteiger partial charge in [0.15, 0.2) is 5.78 Å². The second-order valence-corrected chi connectivity index (χ2v) is 6.88. The van der Waals surface area contributed by atoms with Crippen LogP contribution in [0.1, 0.15) is 59.1 Å². The number of fused-ring (bicyclic) bond motifs is 1. The minimum absolute atomic E-state index is 0.317. The molecule has 0 aliphatic heterocycles. The van der Waals surface area contributed by atoms with E-state index < -0.39 is 0 Å². The molecule has 1 aromatic heterocycles. The normalized spacial score (nSPS) is 28.1. The Bertz CT molecular complexity index is 411. The van der Waals surface area contributed by atoms with E-state index in [9.17, 15) is 4.79 Å². The molecule has 2 aliphatic carbocycles. The molecule has 0 radical (unpaired) electrons. The predicted molar refractivity (Wildman–Crippen MR) is 71.8 cm³/mol. The highest BCUT2D eigenvalue weighted by Crippen LogP contribution is 2.36. The van der Waals surface area contributed by atoms with Crippen molar-refractivity contribution in [3.8, 4) is 0 Å². The lowest BCUT2D eigenvalue weighted by Gasteiger charge is -2.25. The highest BCUT2D eigenvalue weighted by Gasteiger charge is 2.28. The number of hydrogen-bond donors (Lipinski definition) is 0. The third kappa shape index (κ3) is 2.20. The van der Waals surface area contributed by atoms with Gasteiger partial charge in [0.2, 0.25) is 0 Å². The summed E-state index contributed by atoms with van der Waals surface area (Å²) in [5.74, 6) is 1.50. The molecule has 0 N–H and O–H groups in total. The van der Waals surface area contributed by atoms with Crippen LogP contribution < -0.4 is 0 Å². The Hall–Kier alpha value is -0.630. The molecule has 0 spiro atoms. The Labute approximate surface area is 107 Å². The van der Waals surface area contributed by atoms with Crippen molar-refractivity contribution in [2.75, 3.05) is 0 Å². The van der Waals surface area contributed by atoms with Crippen LogP contribution in [0, 0.1) is 11.8 Å². The molecule has 0 bridgehead atoms. The Kier molecular flexibility index (Phi) is 3.08. The molecule has 2 aliphatic rings. The zero-order chi connectivity index (χ0) is 11.8. The number of hydrogen-bond acceptors (Lipinski definition) is 2. The monoisotopic (exact) mass is 248 g/mol. The molecule has 2 atom stereocenters. The van der Waals surface area contributed by atoms with Gasteiger partial charge in [-0.3, -0.25) is 4.79 Å². The molecule has 92 valence electrons. The number of thiophene rings is 1. The van der Waals surface area contributed by atoms with Gasteiger partial charge in [0.25, 0.3) is 0 Å². The fourth-order valence-electron chi connectivity index (χ4n) is 3.32. The highest BCUT2D eigenvalue weighted by molar-refractivity contribution is 7.14. The molecule has 1 aromatic rings. The Morgan fingerprint density at radius 1 is 1.29 bits per heavy atom. The predicted octanol–water partition coefficient (Wildman–Crippen LogP) is 4.25. The van der Waals surface area contributed by atoms with Crippen molar-refractivity contribution in [3.05, 3.63) is 21.4 Å². The molecule has 1 fully saturated rings. The number of carbonyl (C=O) groups excluding carboxylic acids is 1. The first-order valence-corrected chi connectivity index (χ1v) is 7.71. The molecular formula is C15H20OS. The van der Waals surface area contributed by atoms with E-state index >= 15 is 0 Å². The average Bonchev–Trinajstić information content (AvgIpc) is 2.88. The maximum absolute atomic E-state index is 12.5. The minimum atomic E-state index is 0.317. The summed E-state index contributed by atoms with van der Waals surface area (Å²) in [7, 11) is 0. The van der Waals surface area contributed by atoms with Crippen molar-refractivity contribution >= 4 is 17.1 Å². The quantitative estimate of drug-likeness (QED) is 0.715. The van der Waals surface area contributed by atoms with E-state index in [-0.39, 0.29) is 0 Å². The van der Waals surface area contributed by atoms with Crippen LogP contribution in [0.4, 0.5) is 0 Å². The number of ketones is 1. The molecule has 0 saturated heterocycles. The van der Waals surface area contributed by atoms with Crippen LogP contribution in [0.3, 0.4) is 0 Å². The molecule has 2 heteroatoms. The fourth-order valence-corrected chi connectivity index (χ4v) is 4.60. The summed E-state index contributed by atoms with van der Waals surface area (Å²) in [6, 6.07) is 2.19. The van der Waals surface area contributed by atoms with Crippen LogP contribution in [0.5, 0.6) is 0 Å². The zero-order valence-electron chi connectivity index (χ0n) is 10.5. The minimum Gasteiger partial charge on any atom is -0.293 e. The first-order valence-electron chi connectivity index (χ1n) is 6.90. The van der Waals surface area contributed by atoms with Gasteiger partial charge in [0, 0.05) is 10.8 Å². The molecule has 1 nitrogen and oxygen atoms in total. The van der Waals surface area contributed by atoms with Crippen LogP contribution in [-0.2, 0) is 12.8 Å². The Balaban J connectivity index is 1.76. The van der Waals surface area contributed by atoms with E-state index in [2.05, 4.69) is 13.0 Å². The molecule has 1 heterocycles. The average molecular weight is 248 g/mol. The number of rotatable bonds is 2. The van der Waals surface area contributed by atoms with Gasteiger partial charge in [0.1, 0.15) is 0 Å². The number of aryl methyl sites for hydroxylation is 2. The molecule has 0 amide bonds. The summed E-state index contributed by atoms with van der Waals surface area (Å²) in [5, 5.41) is 0. The van der Waals surface area contributed by atoms with Crippen LogP contribution in [0.2, 0.25) is 0 Å². The third-order valence-corrected chi connectivity index (χ3v) is 5.55. The van der Waals surface area contributed by atoms with Crippen molar-refractivity contribution in [1.82, 2.24) is 0 Å². The van der Waals surface area contributed by atoms with Gasteiger partial charge < -0.3 is 0 Å². The van der Waals surface area contributed by atoms with Crippen LogP contribution >= 0.6 is 11.3 Å². The van der Waals surface area contributed by atoms with Gasteiger partial charge in [-0.15, -0.1) is 11.3 Å². The largest absolute Gasteiger partial charge is 0.293 e. The summed E-state index contributed by atoms with van der Waals surface area (Å²) in [6.45, 7) is 2.29. The van der Waals surface area contributed by atoms with Crippen molar-refractivity contribution in [2.45, 2.75) is 51.9 Å². The zero-order valence-corrected chi connectivity index (χ0v) is 11.3. The molecule has 17 heavy (non-hydrogen) atoms. The summed E-state index contributed by atoms with van der Waals surface area (Å²) in [5.41, 5.74) is 1.46. The van der Waals surface area contributed by atoms with Crippen molar-refractivity contribution < 1.29 is 4.79 Å². The van der Waals surface area contributed by atoms with E-state index in [1.165, 1.54) is 42.5 Å². The van der Waals surface area contributed by atoms with Gasteiger partial charge in [-0.25, -0.2) is 0 Å². The van der Waals surface area contributed by atoms with Crippen molar-refractivity contribution in [2.24, 2.45) is 11.8 Å². The maximum atomic E-state index is 12.5. The maximum Gasteiger partial charge on any atom is 0.175 e. The molecule has 1 saturated carbocycles. The van der Waals surface area contributed by atoms with Gasteiger partial charge in [-0.1, -0.05) is 19.8 Å². The number of carbonyl (C=O) groups is 1. The molecule has 3 rings (SSSR count). The second-order valence-electron chi connectivity index (χ2n) is 5.75. The first kappa shape index (κ1) is 11.5. The topological polar surface area (TPSA) is 17.1 Å². The summed E-state index contributed by atoms with van der Waals surface area (Å²) < 4.78 is 0. The van der Waals surface area contributed by atoms with E-state index in [4.69, 9.17) is 0 Å². The third-order valence-electron chi connectivity index (χ3n) is 4.30. The highest BCUT2D eigenvalue weighted by atomic mass is 32.1. The van der Waals surface area contributed by atoms with Gasteiger partial charge in [-0.2, -0.15) is 0 Å². The Morgan fingerprint density at radius 2 is 2.18 bits per heavy atom. The second kappa shape index (κ2) is 4.56. The molecule has 2 unspecified atom stereocenters. The number of Topliss-reactive ketones (excluding diaryl/α,β-unsaturated/α-hetero) is 1. The van der Waals surface area contributed by atoms with Crippen molar-refractivity contribution in [3.63, 3.8) is 0 Å². The lowest BCUT2D eigenvalue weighted by Crippen LogP contribution is -2.21. The molecule has 0 aromatic carbocycles. The fraction of sp³-hybridized carbons (Fsp3) is 0.667. The van der Waals surface area contributed by atoms with E-state index in [1.807, 2.05) is 0 Å².